The van der Waals surface area contributed by atoms with Crippen LogP contribution >= 0.6 is 11.3 Å². The standard InChI is InChI=1S/C22H28N4OS/c1-14-9-18(10-15(2)23-14)13-27-20-7-8-26(16(3)11-20)12-19-5-6-21-22(25-19)24-17(4)28-21/h5-6,9-10,16,20H,7-8,11-13H2,1-4H3/t16-,20-/m0/s1. The van der Waals surface area contributed by atoms with Gasteiger partial charge in [-0.25, -0.2) is 9.97 Å². The minimum absolute atomic E-state index is 0.316. The van der Waals surface area contributed by atoms with Crippen LogP contribution in [-0.4, -0.2) is 38.5 Å². The second-order valence-electron chi connectivity index (χ2n) is 7.89. The molecule has 0 aromatic carbocycles. The second-order valence-corrected chi connectivity index (χ2v) is 9.13. The molecule has 0 saturated carbocycles. The Morgan fingerprint density at radius 3 is 2.64 bits per heavy atom. The van der Waals surface area contributed by atoms with Crippen LogP contribution in [-0.2, 0) is 17.9 Å². The minimum Gasteiger partial charge on any atom is -0.373 e. The van der Waals surface area contributed by atoms with E-state index in [1.54, 1.807) is 11.3 Å². The van der Waals surface area contributed by atoms with Gasteiger partial charge in [-0.15, -0.1) is 11.3 Å². The molecule has 2 atom stereocenters. The fourth-order valence-electron chi connectivity index (χ4n) is 4.04. The lowest BCUT2D eigenvalue weighted by molar-refractivity contribution is -0.0229. The summed E-state index contributed by atoms with van der Waals surface area (Å²) in [6.45, 7) is 11.0. The van der Waals surface area contributed by atoms with Crippen LogP contribution in [0.3, 0.4) is 0 Å². The lowest BCUT2D eigenvalue weighted by Gasteiger charge is -2.37. The molecule has 1 saturated heterocycles. The molecule has 0 spiro atoms. The maximum absolute atomic E-state index is 6.23. The zero-order valence-corrected chi connectivity index (χ0v) is 17.9. The van der Waals surface area contributed by atoms with Gasteiger partial charge in [0.05, 0.1) is 28.1 Å². The van der Waals surface area contributed by atoms with E-state index < -0.39 is 0 Å². The van der Waals surface area contributed by atoms with Crippen LogP contribution in [0, 0.1) is 20.8 Å². The van der Waals surface area contributed by atoms with Crippen molar-refractivity contribution in [1.82, 2.24) is 19.9 Å². The van der Waals surface area contributed by atoms with E-state index in [1.165, 1.54) is 10.3 Å². The Morgan fingerprint density at radius 2 is 1.89 bits per heavy atom. The molecule has 3 aromatic rings. The van der Waals surface area contributed by atoms with E-state index in [0.717, 1.165) is 53.7 Å². The normalized spacial score (nSPS) is 20.7. The van der Waals surface area contributed by atoms with E-state index >= 15 is 0 Å². The number of aryl methyl sites for hydroxylation is 3. The van der Waals surface area contributed by atoms with Gasteiger partial charge >= 0.3 is 0 Å². The Bertz CT molecular complexity index is 950. The Hall–Kier alpha value is -1.89. The Kier molecular flexibility index (Phi) is 5.71. The predicted octanol–water partition coefficient (Wildman–Crippen LogP) is 4.58. The first-order valence-corrected chi connectivity index (χ1v) is 10.8. The SMILES string of the molecule is Cc1cc(CO[C@H]2CCN(Cc3ccc4sc(C)nc4n3)[C@@H](C)C2)cc(C)n1. The van der Waals surface area contributed by atoms with E-state index in [9.17, 15) is 0 Å². The van der Waals surface area contributed by atoms with Gasteiger partial charge in [0.2, 0.25) is 0 Å². The van der Waals surface area contributed by atoms with E-state index in [-0.39, 0.29) is 0 Å². The van der Waals surface area contributed by atoms with Crippen LogP contribution in [0.15, 0.2) is 24.3 Å². The molecular weight excluding hydrogens is 368 g/mol. The first kappa shape index (κ1) is 19.4. The molecule has 0 amide bonds. The van der Waals surface area contributed by atoms with Crippen molar-refractivity contribution in [2.75, 3.05) is 6.54 Å². The summed E-state index contributed by atoms with van der Waals surface area (Å²) >= 11 is 1.71. The highest BCUT2D eigenvalue weighted by Gasteiger charge is 2.26. The van der Waals surface area contributed by atoms with Crippen molar-refractivity contribution in [2.45, 2.75) is 65.8 Å². The molecule has 4 rings (SSSR count). The van der Waals surface area contributed by atoms with Crippen molar-refractivity contribution in [2.24, 2.45) is 0 Å². The number of rotatable bonds is 5. The topological polar surface area (TPSA) is 51.1 Å². The third kappa shape index (κ3) is 4.57. The average Bonchev–Trinajstić information content (AvgIpc) is 3.00. The number of ether oxygens (including phenoxy) is 1. The van der Waals surface area contributed by atoms with Crippen molar-refractivity contribution < 1.29 is 4.74 Å². The third-order valence-corrected chi connectivity index (χ3v) is 6.30. The zero-order valence-electron chi connectivity index (χ0n) is 17.1. The number of hydrogen-bond acceptors (Lipinski definition) is 6. The number of piperidine rings is 1. The van der Waals surface area contributed by atoms with Gasteiger partial charge in [0, 0.05) is 30.5 Å². The first-order chi connectivity index (χ1) is 13.5. The average molecular weight is 397 g/mol. The summed E-state index contributed by atoms with van der Waals surface area (Å²) in [5.74, 6) is 0. The lowest BCUT2D eigenvalue weighted by Crippen LogP contribution is -2.43. The van der Waals surface area contributed by atoms with E-state index in [2.05, 4.69) is 46.1 Å². The highest BCUT2D eigenvalue weighted by atomic mass is 32.1. The molecule has 3 aromatic heterocycles. The van der Waals surface area contributed by atoms with Gasteiger partial charge in [0.1, 0.15) is 0 Å². The fourth-order valence-corrected chi connectivity index (χ4v) is 4.81. The molecule has 1 aliphatic rings. The Morgan fingerprint density at radius 1 is 1.11 bits per heavy atom. The minimum atomic E-state index is 0.316. The van der Waals surface area contributed by atoms with Gasteiger partial charge in [0.25, 0.3) is 0 Å². The Labute approximate surface area is 170 Å². The van der Waals surface area contributed by atoms with Crippen molar-refractivity contribution in [3.05, 3.63) is 51.9 Å². The molecule has 148 valence electrons. The van der Waals surface area contributed by atoms with Crippen molar-refractivity contribution >= 4 is 21.7 Å². The molecule has 5 nitrogen and oxygen atoms in total. The summed E-state index contributed by atoms with van der Waals surface area (Å²) in [7, 11) is 0. The lowest BCUT2D eigenvalue weighted by atomic mass is 10.00. The first-order valence-electron chi connectivity index (χ1n) is 9.99. The number of pyridine rings is 2. The fraction of sp³-hybridized carbons (Fsp3) is 0.500. The highest BCUT2D eigenvalue weighted by Crippen LogP contribution is 2.24. The quantitative estimate of drug-likeness (QED) is 0.632. The molecule has 1 fully saturated rings. The smallest absolute Gasteiger partial charge is 0.170 e. The van der Waals surface area contributed by atoms with Crippen LogP contribution in [0.2, 0.25) is 0 Å². The highest BCUT2D eigenvalue weighted by molar-refractivity contribution is 7.18. The molecule has 0 N–H and O–H groups in total. The summed E-state index contributed by atoms with van der Waals surface area (Å²) in [6.07, 6.45) is 2.43. The molecule has 0 bridgehead atoms. The summed E-state index contributed by atoms with van der Waals surface area (Å²) in [5, 5.41) is 1.07. The molecule has 0 unspecified atom stereocenters. The number of likely N-dealkylation sites (tertiary alicyclic amines) is 1. The van der Waals surface area contributed by atoms with E-state index in [4.69, 9.17) is 9.72 Å². The van der Waals surface area contributed by atoms with Gasteiger partial charge in [-0.1, -0.05) is 0 Å². The van der Waals surface area contributed by atoms with Crippen LogP contribution in [0.25, 0.3) is 10.3 Å². The largest absolute Gasteiger partial charge is 0.373 e. The van der Waals surface area contributed by atoms with Crippen LogP contribution in [0.1, 0.15) is 47.4 Å². The van der Waals surface area contributed by atoms with Gasteiger partial charge in [-0.3, -0.25) is 9.88 Å². The second kappa shape index (κ2) is 8.23. The van der Waals surface area contributed by atoms with Gasteiger partial charge in [0.15, 0.2) is 5.65 Å². The number of fused-ring (bicyclic) bond motifs is 1. The van der Waals surface area contributed by atoms with Crippen molar-refractivity contribution in [3.8, 4) is 0 Å². The van der Waals surface area contributed by atoms with E-state index in [0.29, 0.717) is 18.8 Å². The molecule has 0 radical (unpaired) electrons. The number of hydrogen-bond donors (Lipinski definition) is 0. The van der Waals surface area contributed by atoms with Gasteiger partial charge in [-0.2, -0.15) is 0 Å². The summed E-state index contributed by atoms with van der Waals surface area (Å²) in [6, 6.07) is 9.01. The van der Waals surface area contributed by atoms with Gasteiger partial charge < -0.3 is 4.74 Å². The van der Waals surface area contributed by atoms with Gasteiger partial charge in [-0.05, 0) is 70.4 Å². The maximum Gasteiger partial charge on any atom is 0.170 e. The number of thiazole rings is 1. The summed E-state index contributed by atoms with van der Waals surface area (Å²) in [5.41, 5.74) is 5.32. The van der Waals surface area contributed by atoms with Crippen LogP contribution < -0.4 is 0 Å². The molecule has 1 aliphatic heterocycles. The zero-order chi connectivity index (χ0) is 19.7. The van der Waals surface area contributed by atoms with Crippen molar-refractivity contribution in [3.63, 3.8) is 0 Å². The van der Waals surface area contributed by atoms with Crippen LogP contribution in [0.5, 0.6) is 0 Å². The summed E-state index contributed by atoms with van der Waals surface area (Å²) in [4.78, 5) is 16.2. The molecule has 6 heteroatoms. The monoisotopic (exact) mass is 396 g/mol. The number of aromatic nitrogens is 3. The third-order valence-electron chi connectivity index (χ3n) is 5.38. The predicted molar refractivity (Wildman–Crippen MR) is 114 cm³/mol. The molecule has 28 heavy (non-hydrogen) atoms. The van der Waals surface area contributed by atoms with Crippen molar-refractivity contribution in [1.29, 1.82) is 0 Å². The molecule has 0 aliphatic carbocycles. The maximum atomic E-state index is 6.23. The van der Waals surface area contributed by atoms with Crippen LogP contribution in [0.4, 0.5) is 0 Å². The van der Waals surface area contributed by atoms with E-state index in [1.807, 2.05) is 20.8 Å². The molecule has 4 heterocycles. The number of nitrogens with zero attached hydrogens (tertiary/aromatic N) is 4. The summed E-state index contributed by atoms with van der Waals surface area (Å²) < 4.78 is 7.40. The Balaban J connectivity index is 1.32. The molecular formula is C22H28N4OS.